The number of ether oxygens (including phenoxy) is 1. The fraction of sp³-hybridized carbons (Fsp3) is 0.500. The van der Waals surface area contributed by atoms with Gasteiger partial charge in [-0.2, -0.15) is 0 Å². The molecular weight excluding hydrogens is 200 g/mol. The van der Waals surface area contributed by atoms with Gasteiger partial charge in [-0.1, -0.05) is 37.6 Å². The first-order valence-corrected chi connectivity index (χ1v) is 5.79. The van der Waals surface area contributed by atoms with Crippen molar-refractivity contribution in [2.45, 2.75) is 46.6 Å². The second kappa shape index (κ2) is 4.69. The molecule has 88 valence electrons. The summed E-state index contributed by atoms with van der Waals surface area (Å²) < 4.78 is 5.12. The number of hydrogen-bond donors (Lipinski definition) is 0. The van der Waals surface area contributed by atoms with Crippen molar-refractivity contribution in [1.29, 1.82) is 0 Å². The standard InChI is InChI=1S/C12H14O2.C2H6/c1-8-4-5-9-7-14-11(13)12(2,3)10(9)6-8;1-2/h4-6H,7H2,1-3H3;1-2H3. The second-order valence-electron chi connectivity index (χ2n) is 4.36. The highest BCUT2D eigenvalue weighted by Crippen LogP contribution is 2.33. The van der Waals surface area contributed by atoms with Crippen molar-refractivity contribution in [2.75, 3.05) is 0 Å². The molecule has 0 spiro atoms. The lowest BCUT2D eigenvalue weighted by Crippen LogP contribution is -2.36. The zero-order valence-corrected chi connectivity index (χ0v) is 10.8. The number of fused-ring (bicyclic) bond motifs is 1. The van der Waals surface area contributed by atoms with Crippen molar-refractivity contribution >= 4 is 5.97 Å². The van der Waals surface area contributed by atoms with E-state index in [9.17, 15) is 4.79 Å². The molecule has 0 amide bonds. The van der Waals surface area contributed by atoms with Crippen LogP contribution in [0.25, 0.3) is 0 Å². The molecule has 0 saturated heterocycles. The van der Waals surface area contributed by atoms with Crippen molar-refractivity contribution in [3.05, 3.63) is 34.9 Å². The average Bonchev–Trinajstić information content (AvgIpc) is 2.28. The minimum Gasteiger partial charge on any atom is -0.460 e. The summed E-state index contributed by atoms with van der Waals surface area (Å²) in [4.78, 5) is 11.6. The third-order valence-electron chi connectivity index (χ3n) is 2.81. The Morgan fingerprint density at radius 2 is 1.88 bits per heavy atom. The van der Waals surface area contributed by atoms with Crippen molar-refractivity contribution in [1.82, 2.24) is 0 Å². The number of cyclic esters (lactones) is 1. The fourth-order valence-corrected chi connectivity index (χ4v) is 1.83. The summed E-state index contributed by atoms with van der Waals surface area (Å²) in [5.74, 6) is -0.129. The van der Waals surface area contributed by atoms with Crippen LogP contribution >= 0.6 is 0 Å². The summed E-state index contributed by atoms with van der Waals surface area (Å²) in [6, 6.07) is 6.17. The smallest absolute Gasteiger partial charge is 0.316 e. The molecule has 0 fully saturated rings. The summed E-state index contributed by atoms with van der Waals surface area (Å²) in [6.45, 7) is 10.3. The third-order valence-corrected chi connectivity index (χ3v) is 2.81. The molecule has 0 saturated carbocycles. The van der Waals surface area contributed by atoms with Gasteiger partial charge in [0.15, 0.2) is 0 Å². The number of hydrogen-bond acceptors (Lipinski definition) is 2. The Morgan fingerprint density at radius 3 is 2.50 bits per heavy atom. The van der Waals surface area contributed by atoms with Crippen LogP contribution in [0.15, 0.2) is 18.2 Å². The Labute approximate surface area is 97.6 Å². The number of carbonyl (C=O) groups excluding carboxylic acids is 1. The number of benzene rings is 1. The molecule has 0 N–H and O–H groups in total. The predicted molar refractivity (Wildman–Crippen MR) is 65.3 cm³/mol. The third kappa shape index (κ3) is 2.11. The second-order valence-corrected chi connectivity index (χ2v) is 4.36. The van der Waals surface area contributed by atoms with E-state index >= 15 is 0 Å². The Balaban J connectivity index is 0.000000606. The maximum Gasteiger partial charge on any atom is 0.316 e. The number of esters is 1. The highest BCUT2D eigenvalue weighted by molar-refractivity contribution is 5.84. The van der Waals surface area contributed by atoms with Crippen LogP contribution in [-0.4, -0.2) is 5.97 Å². The monoisotopic (exact) mass is 220 g/mol. The molecule has 16 heavy (non-hydrogen) atoms. The number of aryl methyl sites for hydroxylation is 1. The minimum atomic E-state index is -0.500. The maximum atomic E-state index is 11.6. The summed E-state index contributed by atoms with van der Waals surface area (Å²) in [5.41, 5.74) is 2.92. The molecule has 0 aliphatic carbocycles. The summed E-state index contributed by atoms with van der Waals surface area (Å²) in [6.07, 6.45) is 0. The van der Waals surface area contributed by atoms with Crippen LogP contribution in [0.3, 0.4) is 0 Å². The fourth-order valence-electron chi connectivity index (χ4n) is 1.83. The van der Waals surface area contributed by atoms with Crippen molar-refractivity contribution < 1.29 is 9.53 Å². The molecule has 1 aliphatic heterocycles. The molecule has 1 heterocycles. The topological polar surface area (TPSA) is 26.3 Å². The lowest BCUT2D eigenvalue weighted by atomic mass is 9.80. The molecule has 0 aromatic heterocycles. The van der Waals surface area contributed by atoms with Gasteiger partial charge in [-0.05, 0) is 31.9 Å². The first-order chi connectivity index (χ1) is 7.51. The number of rotatable bonds is 0. The predicted octanol–water partition coefficient (Wildman–Crippen LogP) is 3.36. The largest absolute Gasteiger partial charge is 0.460 e. The van der Waals surface area contributed by atoms with Gasteiger partial charge in [0.1, 0.15) is 6.61 Å². The van der Waals surface area contributed by atoms with Gasteiger partial charge in [-0.3, -0.25) is 4.79 Å². The summed E-state index contributed by atoms with van der Waals surface area (Å²) >= 11 is 0. The Kier molecular flexibility index (Phi) is 3.74. The van der Waals surface area contributed by atoms with E-state index in [-0.39, 0.29) is 5.97 Å². The molecule has 0 bridgehead atoms. The Hall–Kier alpha value is -1.31. The maximum absolute atomic E-state index is 11.6. The minimum absolute atomic E-state index is 0.129. The van der Waals surface area contributed by atoms with Crippen LogP contribution in [-0.2, 0) is 21.6 Å². The molecule has 0 unspecified atom stereocenters. The average molecular weight is 220 g/mol. The van der Waals surface area contributed by atoms with E-state index in [2.05, 4.69) is 6.07 Å². The van der Waals surface area contributed by atoms with Gasteiger partial charge in [-0.25, -0.2) is 0 Å². The Morgan fingerprint density at radius 1 is 1.25 bits per heavy atom. The van der Waals surface area contributed by atoms with Crippen LogP contribution in [0.4, 0.5) is 0 Å². The molecule has 1 aromatic carbocycles. The molecule has 0 atom stereocenters. The molecule has 1 aliphatic rings. The van der Waals surface area contributed by atoms with E-state index in [0.717, 1.165) is 11.1 Å². The van der Waals surface area contributed by atoms with E-state index in [1.54, 1.807) is 0 Å². The van der Waals surface area contributed by atoms with Crippen LogP contribution in [0.1, 0.15) is 44.4 Å². The van der Waals surface area contributed by atoms with Crippen LogP contribution in [0.2, 0.25) is 0 Å². The molecular formula is C14H20O2. The first-order valence-electron chi connectivity index (χ1n) is 5.79. The SMILES string of the molecule is CC.Cc1ccc2c(c1)C(C)(C)C(=O)OC2. The Bertz CT molecular complexity index is 392. The lowest BCUT2D eigenvalue weighted by molar-refractivity contribution is -0.152. The van der Waals surface area contributed by atoms with Crippen molar-refractivity contribution in [3.8, 4) is 0 Å². The van der Waals surface area contributed by atoms with Gasteiger partial charge in [0.2, 0.25) is 0 Å². The van der Waals surface area contributed by atoms with Crippen molar-refractivity contribution in [2.24, 2.45) is 0 Å². The van der Waals surface area contributed by atoms with Crippen LogP contribution < -0.4 is 0 Å². The van der Waals surface area contributed by atoms with Crippen LogP contribution in [0.5, 0.6) is 0 Å². The van der Waals surface area contributed by atoms with E-state index in [0.29, 0.717) is 6.61 Å². The van der Waals surface area contributed by atoms with Gasteiger partial charge in [0, 0.05) is 0 Å². The zero-order chi connectivity index (χ0) is 12.3. The molecule has 2 nitrogen and oxygen atoms in total. The van der Waals surface area contributed by atoms with E-state index in [1.807, 2.05) is 46.8 Å². The van der Waals surface area contributed by atoms with Gasteiger partial charge < -0.3 is 4.74 Å². The highest BCUT2D eigenvalue weighted by Gasteiger charge is 2.37. The van der Waals surface area contributed by atoms with E-state index in [4.69, 9.17) is 4.74 Å². The van der Waals surface area contributed by atoms with E-state index in [1.165, 1.54) is 5.56 Å². The first kappa shape index (κ1) is 12.8. The molecule has 1 aromatic rings. The van der Waals surface area contributed by atoms with Gasteiger partial charge in [-0.15, -0.1) is 0 Å². The zero-order valence-electron chi connectivity index (χ0n) is 10.8. The molecule has 0 radical (unpaired) electrons. The highest BCUT2D eigenvalue weighted by atomic mass is 16.5. The number of carbonyl (C=O) groups is 1. The van der Waals surface area contributed by atoms with Crippen LogP contribution in [0, 0.1) is 6.92 Å². The molecule has 2 rings (SSSR count). The van der Waals surface area contributed by atoms with Gasteiger partial charge in [0.05, 0.1) is 5.41 Å². The summed E-state index contributed by atoms with van der Waals surface area (Å²) in [5, 5.41) is 0. The van der Waals surface area contributed by atoms with E-state index < -0.39 is 5.41 Å². The molecule has 2 heteroatoms. The lowest BCUT2D eigenvalue weighted by Gasteiger charge is -2.30. The quantitative estimate of drug-likeness (QED) is 0.627. The van der Waals surface area contributed by atoms with Gasteiger partial charge >= 0.3 is 5.97 Å². The normalized spacial score (nSPS) is 16.7. The van der Waals surface area contributed by atoms with Gasteiger partial charge in [0.25, 0.3) is 0 Å². The summed E-state index contributed by atoms with van der Waals surface area (Å²) in [7, 11) is 0. The van der Waals surface area contributed by atoms with Crippen molar-refractivity contribution in [3.63, 3.8) is 0 Å².